The minimum absolute atomic E-state index is 0.267. The number of aromatic hydroxyl groups is 1. The second-order valence-electron chi connectivity index (χ2n) is 5.83. The number of hydrogen-bond acceptors (Lipinski definition) is 4. The molecule has 0 bridgehead atoms. The van der Waals surface area contributed by atoms with Crippen molar-refractivity contribution in [1.82, 2.24) is 4.98 Å². The minimum Gasteiger partial charge on any atom is -0.508 e. The summed E-state index contributed by atoms with van der Waals surface area (Å²) >= 11 is 6.55. The van der Waals surface area contributed by atoms with Gasteiger partial charge in [-0.05, 0) is 42.8 Å². The van der Waals surface area contributed by atoms with Crippen LogP contribution in [0.2, 0.25) is 0 Å². The molecule has 1 N–H and O–H groups in total. The van der Waals surface area contributed by atoms with E-state index in [1.54, 1.807) is 17.8 Å². The van der Waals surface area contributed by atoms with E-state index in [0.717, 1.165) is 33.2 Å². The van der Waals surface area contributed by atoms with Crippen LogP contribution in [0.25, 0.3) is 10.6 Å². The van der Waals surface area contributed by atoms with Gasteiger partial charge in [0.05, 0.1) is 11.3 Å². The van der Waals surface area contributed by atoms with Gasteiger partial charge in [0.1, 0.15) is 10.8 Å². The first-order valence-electron chi connectivity index (χ1n) is 7.92. The lowest BCUT2D eigenvalue weighted by Gasteiger charge is -2.06. The number of aryl methyl sites for hydroxylation is 1. The number of alkyl halides is 4. The van der Waals surface area contributed by atoms with Gasteiger partial charge in [-0.2, -0.15) is 13.2 Å². The number of aromatic nitrogens is 1. The van der Waals surface area contributed by atoms with E-state index in [9.17, 15) is 18.3 Å². The summed E-state index contributed by atoms with van der Waals surface area (Å²) in [5, 5.41) is 10.9. The van der Waals surface area contributed by atoms with E-state index in [-0.39, 0.29) is 5.75 Å². The number of phenols is 1. The van der Waals surface area contributed by atoms with Crippen molar-refractivity contribution >= 4 is 39.0 Å². The number of benzene rings is 2. The van der Waals surface area contributed by atoms with Crippen molar-refractivity contribution in [2.24, 2.45) is 0 Å². The van der Waals surface area contributed by atoms with E-state index >= 15 is 0 Å². The first-order chi connectivity index (χ1) is 12.8. The van der Waals surface area contributed by atoms with Crippen molar-refractivity contribution in [3.63, 3.8) is 0 Å². The lowest BCUT2D eigenvalue weighted by molar-refractivity contribution is -0.137. The Hall–Kier alpha value is -1.51. The largest absolute Gasteiger partial charge is 0.508 e. The summed E-state index contributed by atoms with van der Waals surface area (Å²) in [7, 11) is 0. The average Bonchev–Trinajstić information content (AvgIpc) is 3.05. The zero-order valence-corrected chi connectivity index (χ0v) is 17.4. The first kappa shape index (κ1) is 20.2. The van der Waals surface area contributed by atoms with Crippen LogP contribution in [-0.2, 0) is 17.3 Å². The second kappa shape index (κ2) is 8.24. The highest BCUT2D eigenvalue weighted by molar-refractivity contribution is 9.08. The third-order valence-electron chi connectivity index (χ3n) is 3.90. The fourth-order valence-electron chi connectivity index (χ4n) is 2.39. The molecule has 1 aromatic heterocycles. The predicted molar refractivity (Wildman–Crippen MR) is 108 cm³/mol. The molecule has 0 fully saturated rings. The Morgan fingerprint density at radius 1 is 1.15 bits per heavy atom. The van der Waals surface area contributed by atoms with Gasteiger partial charge in [0.15, 0.2) is 0 Å². The maximum absolute atomic E-state index is 12.7. The van der Waals surface area contributed by atoms with Crippen LogP contribution < -0.4 is 0 Å². The fourth-order valence-corrected chi connectivity index (χ4v) is 5.22. The van der Waals surface area contributed by atoms with E-state index in [2.05, 4.69) is 20.9 Å². The van der Waals surface area contributed by atoms with E-state index in [4.69, 9.17) is 0 Å². The number of nitrogens with zero attached hydrogens (tertiary/aromatic N) is 1. The van der Waals surface area contributed by atoms with Crippen molar-refractivity contribution in [3.05, 3.63) is 64.2 Å². The molecule has 3 aromatic rings. The normalized spacial score (nSPS) is 11.7. The van der Waals surface area contributed by atoms with Gasteiger partial charge in [0.2, 0.25) is 0 Å². The summed E-state index contributed by atoms with van der Waals surface area (Å²) < 4.78 is 38.2. The zero-order valence-electron chi connectivity index (χ0n) is 14.2. The van der Waals surface area contributed by atoms with Crippen LogP contribution in [0.15, 0.2) is 47.4 Å². The molecule has 3 rings (SSSR count). The summed E-state index contributed by atoms with van der Waals surface area (Å²) in [6.07, 6.45) is -4.34. The molecule has 142 valence electrons. The van der Waals surface area contributed by atoms with Crippen LogP contribution in [0.5, 0.6) is 5.75 Å². The van der Waals surface area contributed by atoms with Gasteiger partial charge in [-0.25, -0.2) is 4.98 Å². The Morgan fingerprint density at radius 3 is 2.44 bits per heavy atom. The summed E-state index contributed by atoms with van der Waals surface area (Å²) in [6, 6.07) is 10.5. The molecular weight excluding hydrogens is 459 g/mol. The molecule has 0 atom stereocenters. The Morgan fingerprint density at radius 2 is 1.85 bits per heavy atom. The highest BCUT2D eigenvalue weighted by atomic mass is 79.9. The van der Waals surface area contributed by atoms with Crippen molar-refractivity contribution < 1.29 is 18.3 Å². The van der Waals surface area contributed by atoms with Gasteiger partial charge < -0.3 is 5.11 Å². The van der Waals surface area contributed by atoms with Crippen LogP contribution >= 0.6 is 39.0 Å². The van der Waals surface area contributed by atoms with Crippen LogP contribution in [0.3, 0.4) is 0 Å². The Balaban J connectivity index is 1.79. The Bertz CT molecular complexity index is 939. The molecule has 0 saturated heterocycles. The lowest BCUT2D eigenvalue weighted by atomic mass is 10.1. The van der Waals surface area contributed by atoms with Crippen LogP contribution in [0.4, 0.5) is 13.2 Å². The van der Waals surface area contributed by atoms with Crippen LogP contribution in [-0.4, -0.2) is 10.1 Å². The monoisotopic (exact) mass is 473 g/mol. The molecule has 27 heavy (non-hydrogen) atoms. The summed E-state index contributed by atoms with van der Waals surface area (Å²) in [5.74, 6) is 0.964. The van der Waals surface area contributed by atoms with E-state index in [1.165, 1.54) is 23.5 Å². The molecule has 0 radical (unpaired) electrons. The van der Waals surface area contributed by atoms with Gasteiger partial charge in [0.25, 0.3) is 0 Å². The molecule has 0 aliphatic carbocycles. The number of hydrogen-bond donors (Lipinski definition) is 1. The van der Waals surface area contributed by atoms with Crippen molar-refractivity contribution in [2.45, 2.75) is 29.1 Å². The smallest absolute Gasteiger partial charge is 0.416 e. The van der Waals surface area contributed by atoms with Crippen LogP contribution in [0.1, 0.15) is 21.7 Å². The lowest BCUT2D eigenvalue weighted by Crippen LogP contribution is -2.03. The van der Waals surface area contributed by atoms with Crippen LogP contribution in [0, 0.1) is 6.92 Å². The summed E-state index contributed by atoms with van der Waals surface area (Å²) in [5.41, 5.74) is 1.71. The van der Waals surface area contributed by atoms with Gasteiger partial charge in [-0.1, -0.05) is 28.1 Å². The Labute approximate surface area is 171 Å². The maximum atomic E-state index is 12.7. The number of thioether (sulfide) groups is 1. The van der Waals surface area contributed by atoms with Gasteiger partial charge in [-0.3, -0.25) is 0 Å². The highest BCUT2D eigenvalue weighted by Crippen LogP contribution is 2.36. The number of thiazole rings is 1. The molecule has 0 aliphatic rings. The first-order valence-corrected chi connectivity index (χ1v) is 10.8. The van der Waals surface area contributed by atoms with E-state index in [0.29, 0.717) is 21.7 Å². The van der Waals surface area contributed by atoms with Gasteiger partial charge in [0, 0.05) is 26.4 Å². The number of rotatable bonds is 5. The SMILES string of the molecule is Cc1cc(SCc2sc(-c3ccc(C(F)(F)F)cc3)nc2CBr)ccc1O. The molecule has 2 nitrogen and oxygen atoms in total. The predicted octanol–water partition coefficient (Wildman–Crippen LogP) is 7.03. The minimum atomic E-state index is -4.34. The molecule has 8 heteroatoms. The quantitative estimate of drug-likeness (QED) is 0.318. The Kier molecular flexibility index (Phi) is 6.18. The molecule has 0 saturated carbocycles. The molecular formula is C19H15BrF3NOS2. The summed E-state index contributed by atoms with van der Waals surface area (Å²) in [4.78, 5) is 6.68. The fraction of sp³-hybridized carbons (Fsp3) is 0.211. The molecule has 0 amide bonds. The third kappa shape index (κ3) is 4.86. The third-order valence-corrected chi connectivity index (χ3v) is 6.78. The number of halogens is 4. The second-order valence-corrected chi connectivity index (χ2v) is 8.53. The molecule has 1 heterocycles. The maximum Gasteiger partial charge on any atom is 0.416 e. The summed E-state index contributed by atoms with van der Waals surface area (Å²) in [6.45, 7) is 1.85. The van der Waals surface area contributed by atoms with Gasteiger partial charge >= 0.3 is 6.18 Å². The number of phenolic OH excluding ortho intramolecular Hbond substituents is 1. The average molecular weight is 474 g/mol. The van der Waals surface area contributed by atoms with Crippen molar-refractivity contribution in [2.75, 3.05) is 0 Å². The zero-order chi connectivity index (χ0) is 19.6. The molecule has 0 aliphatic heterocycles. The topological polar surface area (TPSA) is 33.1 Å². The molecule has 0 spiro atoms. The van der Waals surface area contributed by atoms with Crippen molar-refractivity contribution in [3.8, 4) is 16.3 Å². The molecule has 0 unspecified atom stereocenters. The van der Waals surface area contributed by atoms with Crippen molar-refractivity contribution in [1.29, 1.82) is 0 Å². The highest BCUT2D eigenvalue weighted by Gasteiger charge is 2.30. The van der Waals surface area contributed by atoms with E-state index in [1.807, 2.05) is 19.1 Å². The standard InChI is InChI=1S/C19H15BrF3NOS2/c1-11-8-14(6-7-16(11)25)26-10-17-15(9-20)24-18(27-17)12-2-4-13(5-3-12)19(21,22)23/h2-8,25H,9-10H2,1H3. The molecule has 2 aromatic carbocycles. The van der Waals surface area contributed by atoms with E-state index < -0.39 is 11.7 Å². The van der Waals surface area contributed by atoms with Gasteiger partial charge in [-0.15, -0.1) is 23.1 Å².